The van der Waals surface area contributed by atoms with Crippen molar-refractivity contribution in [1.82, 2.24) is 0 Å². The Hall–Kier alpha value is -1.83. The van der Waals surface area contributed by atoms with Crippen LogP contribution >= 0.6 is 6.04 Å². The Kier molecular flexibility index (Phi) is 3.72. The lowest BCUT2D eigenvalue weighted by Crippen LogP contribution is -2.10. The second-order valence-corrected chi connectivity index (χ2v) is 8.51. The molecule has 0 amide bonds. The average Bonchev–Trinajstić information content (AvgIpc) is 3.18. The van der Waals surface area contributed by atoms with Gasteiger partial charge in [0.25, 0.3) is 0 Å². The zero-order valence-corrected chi connectivity index (χ0v) is 12.4. The van der Waals surface area contributed by atoms with E-state index in [-0.39, 0.29) is 0 Å². The van der Waals surface area contributed by atoms with E-state index in [0.717, 1.165) is 16.6 Å². The summed E-state index contributed by atoms with van der Waals surface area (Å²) < 4.78 is 11.1. The molecule has 0 aliphatic heterocycles. The second kappa shape index (κ2) is 5.66. The molecular formula is C16H13O2PS. The Bertz CT molecular complexity index is 690. The van der Waals surface area contributed by atoms with Gasteiger partial charge in [0.05, 0.1) is 12.5 Å². The highest BCUT2D eigenvalue weighted by Gasteiger charge is 2.24. The molecule has 0 unspecified atom stereocenters. The summed E-state index contributed by atoms with van der Waals surface area (Å²) in [7, 11) is 0. The molecule has 2 heterocycles. The molecule has 0 saturated heterocycles. The Morgan fingerprint density at radius 3 is 1.90 bits per heavy atom. The molecule has 3 aromatic rings. The van der Waals surface area contributed by atoms with Gasteiger partial charge in [0.1, 0.15) is 17.0 Å². The minimum absolute atomic E-state index is 0.787. The molecule has 3 rings (SSSR count). The lowest BCUT2D eigenvalue weighted by molar-refractivity contribution is 0.593. The van der Waals surface area contributed by atoms with E-state index in [9.17, 15) is 0 Å². The smallest absolute Gasteiger partial charge is 0.146 e. The molecule has 1 aromatic carbocycles. The van der Waals surface area contributed by atoms with Crippen LogP contribution in [0.1, 0.15) is 5.56 Å². The zero-order valence-electron chi connectivity index (χ0n) is 10.7. The van der Waals surface area contributed by atoms with Crippen molar-refractivity contribution < 1.29 is 8.83 Å². The third kappa shape index (κ3) is 2.55. The Labute approximate surface area is 122 Å². The van der Waals surface area contributed by atoms with Gasteiger partial charge >= 0.3 is 0 Å². The molecule has 0 radical (unpaired) electrons. The molecule has 0 fully saturated rings. The van der Waals surface area contributed by atoms with Crippen LogP contribution in [-0.2, 0) is 11.8 Å². The predicted molar refractivity (Wildman–Crippen MR) is 86.4 cm³/mol. The van der Waals surface area contributed by atoms with Crippen LogP contribution in [0, 0.1) is 0 Å². The van der Waals surface area contributed by atoms with Crippen LogP contribution in [0.3, 0.4) is 0 Å². The minimum Gasteiger partial charge on any atom is -0.463 e. The van der Waals surface area contributed by atoms with E-state index in [0.29, 0.717) is 0 Å². The van der Waals surface area contributed by atoms with E-state index in [1.54, 1.807) is 12.5 Å². The van der Waals surface area contributed by atoms with Gasteiger partial charge in [-0.3, -0.25) is 0 Å². The average molecular weight is 300 g/mol. The summed E-state index contributed by atoms with van der Waals surface area (Å²) in [5.41, 5.74) is 2.68. The lowest BCUT2D eigenvalue weighted by atomic mass is 10.2. The van der Waals surface area contributed by atoms with Gasteiger partial charge < -0.3 is 8.83 Å². The van der Waals surface area contributed by atoms with Crippen molar-refractivity contribution >= 4 is 34.9 Å². The molecule has 0 atom stereocenters. The molecule has 0 aliphatic carbocycles. The van der Waals surface area contributed by atoms with Gasteiger partial charge in [-0.1, -0.05) is 48.2 Å². The number of hydrogen-bond donors (Lipinski definition) is 0. The van der Waals surface area contributed by atoms with E-state index in [1.165, 1.54) is 0 Å². The summed E-state index contributed by atoms with van der Waals surface area (Å²) >= 11 is 5.88. The summed E-state index contributed by atoms with van der Waals surface area (Å²) in [6.45, 7) is 0. The molecule has 0 bridgehead atoms. The summed E-state index contributed by atoms with van der Waals surface area (Å²) in [6, 6.07) is 15.5. The molecule has 100 valence electrons. The Morgan fingerprint density at radius 1 is 0.800 bits per heavy atom. The zero-order chi connectivity index (χ0) is 13.8. The molecule has 20 heavy (non-hydrogen) atoms. The SMILES string of the molecule is S=P(/C=C/c1ccccc1)(c1ccco1)c1ccco1. The highest BCUT2D eigenvalue weighted by Crippen LogP contribution is 2.46. The van der Waals surface area contributed by atoms with E-state index < -0.39 is 6.04 Å². The largest absolute Gasteiger partial charge is 0.463 e. The number of furan rings is 2. The van der Waals surface area contributed by atoms with Crippen LogP contribution in [0.4, 0.5) is 0 Å². The maximum Gasteiger partial charge on any atom is 0.146 e. The van der Waals surface area contributed by atoms with Gasteiger partial charge in [-0.25, -0.2) is 0 Å². The van der Waals surface area contributed by atoms with E-state index in [4.69, 9.17) is 20.6 Å². The van der Waals surface area contributed by atoms with Crippen LogP contribution in [0.2, 0.25) is 0 Å². The Balaban J connectivity index is 2.04. The fraction of sp³-hybridized carbons (Fsp3) is 0. The van der Waals surface area contributed by atoms with Crippen LogP contribution in [-0.4, -0.2) is 0 Å². The number of hydrogen-bond acceptors (Lipinski definition) is 3. The predicted octanol–water partition coefficient (Wildman–Crippen LogP) is 3.97. The van der Waals surface area contributed by atoms with Crippen molar-refractivity contribution in [1.29, 1.82) is 0 Å². The van der Waals surface area contributed by atoms with E-state index >= 15 is 0 Å². The van der Waals surface area contributed by atoms with Crippen LogP contribution in [0.15, 0.2) is 81.8 Å². The third-order valence-electron chi connectivity index (χ3n) is 2.94. The highest BCUT2D eigenvalue weighted by atomic mass is 32.4. The van der Waals surface area contributed by atoms with Crippen molar-refractivity contribution in [2.75, 3.05) is 0 Å². The topological polar surface area (TPSA) is 26.3 Å². The number of rotatable bonds is 4. The van der Waals surface area contributed by atoms with Crippen molar-refractivity contribution in [3.8, 4) is 0 Å². The fourth-order valence-corrected chi connectivity index (χ4v) is 4.68. The van der Waals surface area contributed by atoms with Gasteiger partial charge in [0, 0.05) is 0 Å². The summed E-state index contributed by atoms with van der Waals surface area (Å²) in [4.78, 5) is 0. The fourth-order valence-electron chi connectivity index (χ4n) is 1.93. The van der Waals surface area contributed by atoms with E-state index in [2.05, 4.69) is 0 Å². The van der Waals surface area contributed by atoms with Crippen molar-refractivity contribution in [3.63, 3.8) is 0 Å². The van der Waals surface area contributed by atoms with Crippen LogP contribution in [0.5, 0.6) is 0 Å². The van der Waals surface area contributed by atoms with E-state index in [1.807, 2.05) is 66.5 Å². The molecule has 0 aliphatic rings. The summed E-state index contributed by atoms with van der Waals surface area (Å²) in [5, 5.41) is 0. The minimum atomic E-state index is -2.17. The summed E-state index contributed by atoms with van der Waals surface area (Å²) in [5.74, 6) is 2.04. The molecule has 2 nitrogen and oxygen atoms in total. The highest BCUT2D eigenvalue weighted by molar-refractivity contribution is 8.23. The first-order valence-corrected chi connectivity index (χ1v) is 9.08. The van der Waals surface area contributed by atoms with Crippen LogP contribution < -0.4 is 11.0 Å². The Morgan fingerprint density at radius 2 is 1.40 bits per heavy atom. The molecule has 0 spiro atoms. The third-order valence-corrected chi connectivity index (χ3v) is 6.78. The normalized spacial score (nSPS) is 12.0. The number of benzene rings is 1. The molecular weight excluding hydrogens is 287 g/mol. The van der Waals surface area contributed by atoms with Gasteiger partial charge in [0.15, 0.2) is 0 Å². The van der Waals surface area contributed by atoms with Crippen molar-refractivity contribution in [2.24, 2.45) is 0 Å². The molecule has 4 heteroatoms. The lowest BCUT2D eigenvalue weighted by Gasteiger charge is -2.12. The monoisotopic (exact) mass is 300 g/mol. The quantitative estimate of drug-likeness (QED) is 0.682. The van der Waals surface area contributed by atoms with Gasteiger partial charge in [-0.15, -0.1) is 0 Å². The molecule has 2 aromatic heterocycles. The summed E-state index contributed by atoms with van der Waals surface area (Å²) in [6.07, 6.45) is 5.33. The standard InChI is InChI=1S/C16H13O2PS/c20-19(15-8-4-11-17-15,16-9-5-12-18-16)13-10-14-6-2-1-3-7-14/h1-13H/b13-10+. The second-order valence-electron chi connectivity index (χ2n) is 4.29. The maximum absolute atomic E-state index is 5.88. The molecule has 0 N–H and O–H groups in total. The maximum atomic E-state index is 5.88. The van der Waals surface area contributed by atoms with Gasteiger partial charge in [-0.05, 0) is 35.6 Å². The first-order chi connectivity index (χ1) is 9.79. The van der Waals surface area contributed by atoms with Crippen LogP contribution in [0.25, 0.3) is 6.08 Å². The molecule has 0 saturated carbocycles. The van der Waals surface area contributed by atoms with Gasteiger partial charge in [0.2, 0.25) is 0 Å². The first-order valence-electron chi connectivity index (χ1n) is 6.21. The van der Waals surface area contributed by atoms with Crippen molar-refractivity contribution in [2.45, 2.75) is 0 Å². The van der Waals surface area contributed by atoms with Crippen molar-refractivity contribution in [3.05, 3.63) is 78.5 Å². The van der Waals surface area contributed by atoms with Gasteiger partial charge in [-0.2, -0.15) is 0 Å². The first kappa shape index (κ1) is 13.2.